The van der Waals surface area contributed by atoms with E-state index in [0.29, 0.717) is 13.1 Å². The van der Waals surface area contributed by atoms with Crippen LogP contribution < -0.4 is 5.32 Å². The van der Waals surface area contributed by atoms with E-state index in [1.165, 1.54) is 36.6 Å². The summed E-state index contributed by atoms with van der Waals surface area (Å²) >= 11 is 5.90. The van der Waals surface area contributed by atoms with Crippen LogP contribution in [0.25, 0.3) is 0 Å². The van der Waals surface area contributed by atoms with Crippen LogP contribution in [0, 0.1) is 5.82 Å². The molecule has 9 heteroatoms. The lowest BCUT2D eigenvalue weighted by Gasteiger charge is -2.24. The predicted molar refractivity (Wildman–Crippen MR) is 85.6 cm³/mol. The molecule has 122 valence electrons. The fourth-order valence-corrected chi connectivity index (χ4v) is 2.92. The average Bonchev–Trinajstić information content (AvgIpc) is 2.39. The van der Waals surface area contributed by atoms with E-state index in [4.69, 9.17) is 11.6 Å². The Hall–Kier alpha value is -0.440. The lowest BCUT2D eigenvalue weighted by molar-refractivity contribution is 0.385. The molecule has 0 saturated heterocycles. The van der Waals surface area contributed by atoms with Crippen LogP contribution in [0.15, 0.2) is 18.2 Å². The molecule has 0 unspecified atom stereocenters. The van der Waals surface area contributed by atoms with Crippen molar-refractivity contribution in [3.8, 4) is 0 Å². The first-order valence-electron chi connectivity index (χ1n) is 6.05. The third-order valence-electron chi connectivity index (χ3n) is 2.91. The first-order chi connectivity index (χ1) is 9.30. The van der Waals surface area contributed by atoms with Crippen LogP contribution in [0.4, 0.5) is 4.39 Å². The van der Waals surface area contributed by atoms with Gasteiger partial charge in [-0.15, -0.1) is 12.4 Å². The lowest BCUT2D eigenvalue weighted by Crippen LogP contribution is -2.41. The van der Waals surface area contributed by atoms with Gasteiger partial charge in [-0.25, -0.2) is 4.39 Å². The van der Waals surface area contributed by atoms with Gasteiger partial charge in [-0.2, -0.15) is 17.0 Å². The van der Waals surface area contributed by atoms with Gasteiger partial charge in [0.15, 0.2) is 0 Å². The monoisotopic (exact) mass is 359 g/mol. The van der Waals surface area contributed by atoms with Gasteiger partial charge >= 0.3 is 0 Å². The molecule has 0 aliphatic heterocycles. The highest BCUT2D eigenvalue weighted by Gasteiger charge is 2.24. The number of nitrogens with one attached hydrogen (secondary N) is 1. The first-order valence-corrected chi connectivity index (χ1v) is 7.83. The molecule has 0 bridgehead atoms. The van der Waals surface area contributed by atoms with Crippen molar-refractivity contribution >= 4 is 34.2 Å². The van der Waals surface area contributed by atoms with Crippen molar-refractivity contribution < 1.29 is 12.8 Å². The largest absolute Gasteiger partial charge is 0.318 e. The average molecular weight is 360 g/mol. The normalized spacial score (nSPS) is 11.8. The second-order valence-corrected chi connectivity index (χ2v) is 6.94. The fraction of sp³-hybridized carbons (Fsp3) is 0.500. The van der Waals surface area contributed by atoms with E-state index in [2.05, 4.69) is 5.32 Å². The first kappa shape index (κ1) is 20.6. The van der Waals surface area contributed by atoms with E-state index in [9.17, 15) is 12.8 Å². The van der Waals surface area contributed by atoms with Gasteiger partial charge in [0.2, 0.25) is 0 Å². The molecule has 0 aliphatic rings. The smallest absolute Gasteiger partial charge is 0.281 e. The molecule has 21 heavy (non-hydrogen) atoms. The fourth-order valence-electron chi connectivity index (χ4n) is 1.61. The van der Waals surface area contributed by atoms with Crippen LogP contribution in [0.5, 0.6) is 0 Å². The van der Waals surface area contributed by atoms with Gasteiger partial charge in [0, 0.05) is 44.3 Å². The maximum Gasteiger partial charge on any atom is 0.281 e. The van der Waals surface area contributed by atoms with Crippen LogP contribution in [0.2, 0.25) is 5.02 Å². The maximum atomic E-state index is 13.7. The molecule has 0 aliphatic carbocycles. The highest BCUT2D eigenvalue weighted by atomic mass is 35.5. The lowest BCUT2D eigenvalue weighted by atomic mass is 10.2. The number of hydrogen-bond donors (Lipinski definition) is 1. The van der Waals surface area contributed by atoms with E-state index >= 15 is 0 Å². The number of hydrogen-bond acceptors (Lipinski definition) is 3. The zero-order valence-electron chi connectivity index (χ0n) is 12.1. The summed E-state index contributed by atoms with van der Waals surface area (Å²) in [5.74, 6) is -0.516. The molecule has 1 aromatic carbocycles. The highest BCUT2D eigenvalue weighted by Crippen LogP contribution is 2.21. The van der Waals surface area contributed by atoms with E-state index in [1.807, 2.05) is 0 Å². The summed E-state index contributed by atoms with van der Waals surface area (Å²) in [6.07, 6.45) is 0. The van der Waals surface area contributed by atoms with Gasteiger partial charge in [-0.3, -0.25) is 0 Å². The van der Waals surface area contributed by atoms with Crippen molar-refractivity contribution in [2.75, 3.05) is 34.2 Å². The molecule has 1 aromatic rings. The van der Waals surface area contributed by atoms with Crippen LogP contribution in [-0.2, 0) is 16.8 Å². The quantitative estimate of drug-likeness (QED) is 0.806. The van der Waals surface area contributed by atoms with Crippen molar-refractivity contribution in [2.45, 2.75) is 6.54 Å². The van der Waals surface area contributed by atoms with Crippen molar-refractivity contribution in [3.63, 3.8) is 0 Å². The van der Waals surface area contributed by atoms with E-state index in [-0.39, 0.29) is 29.5 Å². The minimum absolute atomic E-state index is 0. The summed E-state index contributed by atoms with van der Waals surface area (Å²) < 4.78 is 40.4. The van der Waals surface area contributed by atoms with Crippen molar-refractivity contribution in [1.29, 1.82) is 0 Å². The molecule has 0 heterocycles. The second kappa shape index (κ2) is 8.87. The Morgan fingerprint density at radius 1 is 1.29 bits per heavy atom. The zero-order chi connectivity index (χ0) is 15.3. The number of rotatable bonds is 7. The molecule has 1 rings (SSSR count). The Morgan fingerprint density at radius 2 is 1.90 bits per heavy atom. The van der Waals surface area contributed by atoms with Crippen LogP contribution >= 0.6 is 24.0 Å². The Morgan fingerprint density at radius 3 is 2.43 bits per heavy atom. The maximum absolute atomic E-state index is 13.7. The molecule has 0 amide bonds. The Kier molecular flexibility index (Phi) is 8.69. The van der Waals surface area contributed by atoms with Crippen molar-refractivity contribution in [3.05, 3.63) is 34.6 Å². The topological polar surface area (TPSA) is 52.7 Å². The number of likely N-dealkylation sites (N-methyl/N-ethyl adjacent to an activating group) is 2. The molecule has 0 aromatic heterocycles. The number of benzene rings is 1. The van der Waals surface area contributed by atoms with Crippen LogP contribution in [-0.4, -0.2) is 51.3 Å². The number of nitrogens with zero attached hydrogens (tertiary/aromatic N) is 2. The van der Waals surface area contributed by atoms with Gasteiger partial charge < -0.3 is 5.32 Å². The molecule has 0 fully saturated rings. The Balaban J connectivity index is 0.00000400. The van der Waals surface area contributed by atoms with E-state index < -0.39 is 16.0 Å². The summed E-state index contributed by atoms with van der Waals surface area (Å²) in [6, 6.07) is 4.27. The van der Waals surface area contributed by atoms with Crippen LogP contribution in [0.1, 0.15) is 5.56 Å². The van der Waals surface area contributed by atoms with Gasteiger partial charge in [0.25, 0.3) is 10.2 Å². The van der Waals surface area contributed by atoms with Gasteiger partial charge in [-0.1, -0.05) is 17.7 Å². The van der Waals surface area contributed by atoms with E-state index in [0.717, 1.165) is 4.31 Å². The molecule has 0 atom stereocenters. The van der Waals surface area contributed by atoms with Crippen molar-refractivity contribution in [1.82, 2.24) is 13.9 Å². The number of halogens is 3. The predicted octanol–water partition coefficient (Wildman–Crippen LogP) is 1.73. The van der Waals surface area contributed by atoms with Crippen molar-refractivity contribution in [2.24, 2.45) is 0 Å². The second-order valence-electron chi connectivity index (χ2n) is 4.39. The van der Waals surface area contributed by atoms with Crippen LogP contribution in [0.3, 0.4) is 0 Å². The zero-order valence-corrected chi connectivity index (χ0v) is 14.5. The SMILES string of the molecule is CNCCN(C)S(=O)(=O)N(C)Cc1c(F)cccc1Cl.Cl. The van der Waals surface area contributed by atoms with Gasteiger partial charge in [0.05, 0.1) is 0 Å². The minimum atomic E-state index is -3.64. The Labute approximate surface area is 136 Å². The molecule has 0 radical (unpaired) electrons. The molecule has 5 nitrogen and oxygen atoms in total. The molecule has 0 saturated carbocycles. The summed E-state index contributed by atoms with van der Waals surface area (Å²) in [4.78, 5) is 0. The minimum Gasteiger partial charge on any atom is -0.318 e. The third-order valence-corrected chi connectivity index (χ3v) is 5.15. The molecule has 0 spiro atoms. The Bertz CT molecular complexity index is 537. The summed E-state index contributed by atoms with van der Waals surface area (Å²) in [6.45, 7) is 0.746. The molecular weight excluding hydrogens is 340 g/mol. The van der Waals surface area contributed by atoms with Gasteiger partial charge in [0.1, 0.15) is 5.82 Å². The summed E-state index contributed by atoms with van der Waals surface area (Å²) in [5.41, 5.74) is 0.169. The highest BCUT2D eigenvalue weighted by molar-refractivity contribution is 7.86. The molecular formula is C12H20Cl2FN3O2S. The third kappa shape index (κ3) is 5.36. The molecule has 1 N–H and O–H groups in total. The summed E-state index contributed by atoms with van der Waals surface area (Å²) in [7, 11) is 0.973. The van der Waals surface area contributed by atoms with Gasteiger partial charge in [-0.05, 0) is 19.2 Å². The standard InChI is InChI=1S/C12H19ClFN3O2S.ClH/c1-15-7-8-16(2)20(18,19)17(3)9-10-11(13)5-4-6-12(10)14;/h4-6,15H,7-9H2,1-3H3;1H. The summed E-state index contributed by atoms with van der Waals surface area (Å²) in [5, 5.41) is 3.08. The van der Waals surface area contributed by atoms with E-state index in [1.54, 1.807) is 7.05 Å².